The van der Waals surface area contributed by atoms with Crippen LogP contribution >= 0.6 is 0 Å². The van der Waals surface area contributed by atoms with Crippen LogP contribution in [0.4, 0.5) is 0 Å². The number of aliphatic carboxylic acids is 1. The molecule has 0 aliphatic rings. The lowest BCUT2D eigenvalue weighted by Crippen LogP contribution is -2.46. The second-order valence-electron chi connectivity index (χ2n) is 6.55. The molecule has 0 heterocycles. The maximum absolute atomic E-state index is 11.3. The van der Waals surface area contributed by atoms with Gasteiger partial charge >= 0.3 is 5.97 Å². The van der Waals surface area contributed by atoms with E-state index in [2.05, 4.69) is 40.8 Å². The normalized spacial score (nSPS) is 14.6. The first kappa shape index (κ1) is 17.6. The van der Waals surface area contributed by atoms with Crippen LogP contribution in [0.5, 0.6) is 0 Å². The van der Waals surface area contributed by atoms with Crippen LogP contribution in [0, 0.1) is 0 Å². The molecule has 0 aromatic rings. The van der Waals surface area contributed by atoms with Crippen molar-refractivity contribution >= 4 is 14.3 Å². The van der Waals surface area contributed by atoms with Crippen molar-refractivity contribution in [2.45, 2.75) is 84.0 Å². The molecule has 3 nitrogen and oxygen atoms in total. The minimum absolute atomic E-state index is 0.0596. The summed E-state index contributed by atoms with van der Waals surface area (Å²) in [6.07, 6.45) is 4.40. The predicted octanol–water partition coefficient (Wildman–Crippen LogP) is 4.43. The van der Waals surface area contributed by atoms with Crippen molar-refractivity contribution in [3.05, 3.63) is 0 Å². The number of rotatable bonds is 8. The molecule has 0 aromatic heterocycles. The highest BCUT2D eigenvalue weighted by Gasteiger charge is 2.40. The van der Waals surface area contributed by atoms with E-state index >= 15 is 0 Å². The second-order valence-corrected chi connectivity index (χ2v) is 11.3. The molecule has 0 amide bonds. The molecule has 0 spiro atoms. The standard InChI is InChI=1S/C14H30O3Si/c1-7-8-9-10-11-12(13(15)16)17-18(5,6)14(2,3)4/h12H,7-11H2,1-6H3,(H,15,16). The molecule has 108 valence electrons. The van der Waals surface area contributed by atoms with Crippen LogP contribution in [0.25, 0.3) is 0 Å². The minimum Gasteiger partial charge on any atom is -0.479 e. The fourth-order valence-corrected chi connectivity index (χ4v) is 2.81. The summed E-state index contributed by atoms with van der Waals surface area (Å²) in [7, 11) is -1.98. The molecule has 0 rings (SSSR count). The molecule has 4 heteroatoms. The van der Waals surface area contributed by atoms with Gasteiger partial charge in [0.25, 0.3) is 0 Å². The van der Waals surface area contributed by atoms with E-state index in [9.17, 15) is 9.90 Å². The summed E-state index contributed by atoms with van der Waals surface area (Å²) >= 11 is 0. The number of unbranched alkanes of at least 4 members (excludes halogenated alkanes) is 3. The van der Waals surface area contributed by atoms with Gasteiger partial charge in [-0.3, -0.25) is 0 Å². The third-order valence-corrected chi connectivity index (χ3v) is 8.32. The molecule has 0 saturated heterocycles. The van der Waals surface area contributed by atoms with Gasteiger partial charge in [0.1, 0.15) is 6.10 Å². The molecule has 0 fully saturated rings. The summed E-state index contributed by atoms with van der Waals surface area (Å²) in [6, 6.07) is 0. The lowest BCUT2D eigenvalue weighted by molar-refractivity contribution is -0.146. The Kier molecular flexibility index (Phi) is 7.15. The maximum atomic E-state index is 11.3. The number of carbonyl (C=O) groups is 1. The highest BCUT2D eigenvalue weighted by atomic mass is 28.4. The molecule has 0 radical (unpaired) electrons. The van der Waals surface area contributed by atoms with Crippen LogP contribution in [-0.4, -0.2) is 25.5 Å². The van der Waals surface area contributed by atoms with E-state index in [1.54, 1.807) is 0 Å². The Morgan fingerprint density at radius 2 is 1.78 bits per heavy atom. The molecule has 1 atom stereocenters. The first-order valence-electron chi connectivity index (χ1n) is 7.02. The zero-order valence-corrected chi connectivity index (χ0v) is 13.9. The Bertz CT molecular complexity index is 256. The lowest BCUT2D eigenvalue weighted by atomic mass is 10.1. The van der Waals surface area contributed by atoms with Crippen LogP contribution < -0.4 is 0 Å². The monoisotopic (exact) mass is 274 g/mol. The zero-order valence-electron chi connectivity index (χ0n) is 12.9. The third-order valence-electron chi connectivity index (χ3n) is 3.84. The van der Waals surface area contributed by atoms with E-state index in [0.717, 1.165) is 12.8 Å². The second kappa shape index (κ2) is 7.29. The van der Waals surface area contributed by atoms with E-state index in [4.69, 9.17) is 4.43 Å². The quantitative estimate of drug-likeness (QED) is 0.526. The molecule has 0 aliphatic heterocycles. The van der Waals surface area contributed by atoms with Crippen molar-refractivity contribution in [1.29, 1.82) is 0 Å². The SMILES string of the molecule is CCCCCCC(O[Si](C)(C)C(C)(C)C)C(=O)O. The number of carboxylic acids is 1. The van der Waals surface area contributed by atoms with Crippen LogP contribution in [0.2, 0.25) is 18.1 Å². The van der Waals surface area contributed by atoms with Crippen LogP contribution in [0.3, 0.4) is 0 Å². The van der Waals surface area contributed by atoms with Crippen molar-refractivity contribution in [3.63, 3.8) is 0 Å². The van der Waals surface area contributed by atoms with Gasteiger partial charge < -0.3 is 9.53 Å². The predicted molar refractivity (Wildman–Crippen MR) is 78.5 cm³/mol. The van der Waals surface area contributed by atoms with Gasteiger partial charge in [-0.2, -0.15) is 0 Å². The highest BCUT2D eigenvalue weighted by molar-refractivity contribution is 6.74. The Hall–Kier alpha value is -0.353. The van der Waals surface area contributed by atoms with Crippen molar-refractivity contribution in [1.82, 2.24) is 0 Å². The first-order valence-corrected chi connectivity index (χ1v) is 9.93. The largest absolute Gasteiger partial charge is 0.479 e. The maximum Gasteiger partial charge on any atom is 0.331 e. The fraction of sp³-hybridized carbons (Fsp3) is 0.929. The molecule has 0 bridgehead atoms. The Morgan fingerprint density at radius 1 is 1.22 bits per heavy atom. The minimum atomic E-state index is -1.98. The topological polar surface area (TPSA) is 46.5 Å². The molecule has 1 N–H and O–H groups in total. The summed E-state index contributed by atoms with van der Waals surface area (Å²) in [4.78, 5) is 11.3. The molecule has 0 aromatic carbocycles. The Morgan fingerprint density at radius 3 is 2.17 bits per heavy atom. The fourth-order valence-electron chi connectivity index (χ4n) is 1.52. The van der Waals surface area contributed by atoms with E-state index in [1.807, 2.05) is 0 Å². The smallest absolute Gasteiger partial charge is 0.331 e. The first-order chi connectivity index (χ1) is 8.12. The van der Waals surface area contributed by atoms with Crippen molar-refractivity contribution < 1.29 is 14.3 Å². The third kappa shape index (κ3) is 6.00. The van der Waals surface area contributed by atoms with E-state index in [0.29, 0.717) is 6.42 Å². The van der Waals surface area contributed by atoms with Crippen molar-refractivity contribution in [2.75, 3.05) is 0 Å². The average molecular weight is 274 g/mol. The summed E-state index contributed by atoms with van der Waals surface area (Å²) < 4.78 is 5.98. The van der Waals surface area contributed by atoms with Gasteiger partial charge in [-0.15, -0.1) is 0 Å². The van der Waals surface area contributed by atoms with Crippen LogP contribution in [-0.2, 0) is 9.22 Å². The van der Waals surface area contributed by atoms with Gasteiger partial charge in [-0.25, -0.2) is 4.79 Å². The summed E-state index contributed by atoms with van der Waals surface area (Å²) in [6.45, 7) is 12.8. The number of hydrogen-bond acceptors (Lipinski definition) is 2. The van der Waals surface area contributed by atoms with E-state index in [-0.39, 0.29) is 5.04 Å². The van der Waals surface area contributed by atoms with Gasteiger partial charge in [-0.1, -0.05) is 53.4 Å². The summed E-state index contributed by atoms with van der Waals surface area (Å²) in [5.74, 6) is -0.809. The van der Waals surface area contributed by atoms with Gasteiger partial charge in [0, 0.05) is 0 Å². The summed E-state index contributed by atoms with van der Waals surface area (Å²) in [5, 5.41) is 9.32. The molecule has 1 unspecified atom stereocenters. The van der Waals surface area contributed by atoms with Gasteiger partial charge in [0.15, 0.2) is 8.32 Å². The Balaban J connectivity index is 4.41. The molecule has 0 aliphatic carbocycles. The molecular weight excluding hydrogens is 244 g/mol. The van der Waals surface area contributed by atoms with Crippen molar-refractivity contribution in [3.8, 4) is 0 Å². The molecule has 18 heavy (non-hydrogen) atoms. The number of hydrogen-bond donors (Lipinski definition) is 1. The van der Waals surface area contributed by atoms with Gasteiger partial charge in [0.2, 0.25) is 0 Å². The highest BCUT2D eigenvalue weighted by Crippen LogP contribution is 2.37. The summed E-state index contributed by atoms with van der Waals surface area (Å²) in [5.41, 5.74) is 0. The van der Waals surface area contributed by atoms with Gasteiger partial charge in [-0.05, 0) is 24.6 Å². The van der Waals surface area contributed by atoms with Crippen LogP contribution in [0.1, 0.15) is 59.8 Å². The lowest BCUT2D eigenvalue weighted by Gasteiger charge is -2.38. The zero-order chi connectivity index (χ0) is 14.4. The molecule has 0 saturated carbocycles. The average Bonchev–Trinajstić information content (AvgIpc) is 2.20. The van der Waals surface area contributed by atoms with Gasteiger partial charge in [0.05, 0.1) is 0 Å². The van der Waals surface area contributed by atoms with E-state index < -0.39 is 20.4 Å². The van der Waals surface area contributed by atoms with Crippen LogP contribution in [0.15, 0.2) is 0 Å². The Labute approximate surface area is 113 Å². The van der Waals surface area contributed by atoms with E-state index in [1.165, 1.54) is 12.8 Å². The number of carboxylic acid groups (broad SMARTS) is 1. The van der Waals surface area contributed by atoms with Crippen molar-refractivity contribution in [2.24, 2.45) is 0 Å². The molecular formula is C14H30O3Si.